The lowest BCUT2D eigenvalue weighted by Crippen LogP contribution is -2.37. The topological polar surface area (TPSA) is 35.8 Å². The Bertz CT molecular complexity index is 488. The van der Waals surface area contributed by atoms with E-state index in [1.807, 2.05) is 0 Å². The second-order valence-corrected chi connectivity index (χ2v) is 6.26. The average Bonchev–Trinajstić information content (AvgIpc) is 2.37. The van der Waals surface area contributed by atoms with Crippen LogP contribution in [0.1, 0.15) is 50.7 Å². The molecule has 1 unspecified atom stereocenters. The summed E-state index contributed by atoms with van der Waals surface area (Å²) in [5.74, 6) is -0.235. The molecular formula is C16H21FN2. The van der Waals surface area contributed by atoms with Gasteiger partial charge in [-0.1, -0.05) is 20.3 Å². The Balaban J connectivity index is 1.97. The standard InChI is InChI=1S/C16H21FN2/c1-16(2)7-3-4-14(9-16)19-11-13-8-12(10-18)5-6-15(13)17/h5-6,8,14,19H,3-4,7,9,11H2,1-2H3. The van der Waals surface area contributed by atoms with Gasteiger partial charge in [0.2, 0.25) is 0 Å². The molecule has 1 aromatic carbocycles. The van der Waals surface area contributed by atoms with Crippen molar-refractivity contribution >= 4 is 0 Å². The number of rotatable bonds is 3. The lowest BCUT2D eigenvalue weighted by atomic mass is 9.75. The Labute approximate surface area is 114 Å². The second kappa shape index (κ2) is 5.71. The molecule has 1 N–H and O–H groups in total. The minimum atomic E-state index is -0.235. The third-order valence-electron chi connectivity index (χ3n) is 3.96. The zero-order chi connectivity index (χ0) is 13.9. The van der Waals surface area contributed by atoms with Crippen LogP contribution in [0, 0.1) is 22.6 Å². The summed E-state index contributed by atoms with van der Waals surface area (Å²) in [4.78, 5) is 0. The number of nitriles is 1. The van der Waals surface area contributed by atoms with Gasteiger partial charge in [-0.25, -0.2) is 4.39 Å². The van der Waals surface area contributed by atoms with E-state index in [9.17, 15) is 4.39 Å². The molecule has 0 aliphatic heterocycles. The van der Waals surface area contributed by atoms with Gasteiger partial charge in [0, 0.05) is 18.2 Å². The van der Waals surface area contributed by atoms with Gasteiger partial charge in [0.25, 0.3) is 0 Å². The Morgan fingerprint density at radius 1 is 1.47 bits per heavy atom. The van der Waals surface area contributed by atoms with Crippen molar-refractivity contribution in [3.8, 4) is 6.07 Å². The van der Waals surface area contributed by atoms with Crippen LogP contribution in [0.15, 0.2) is 18.2 Å². The molecule has 2 nitrogen and oxygen atoms in total. The number of benzene rings is 1. The molecule has 0 amide bonds. The van der Waals surface area contributed by atoms with Crippen molar-refractivity contribution in [2.45, 2.75) is 52.1 Å². The first-order valence-corrected chi connectivity index (χ1v) is 6.92. The van der Waals surface area contributed by atoms with Gasteiger partial charge in [-0.15, -0.1) is 0 Å². The summed E-state index contributed by atoms with van der Waals surface area (Å²) in [5, 5.41) is 12.3. The minimum absolute atomic E-state index is 0.235. The maximum atomic E-state index is 13.7. The van der Waals surface area contributed by atoms with Gasteiger partial charge in [-0.2, -0.15) is 5.26 Å². The molecule has 0 heterocycles. The van der Waals surface area contributed by atoms with Crippen LogP contribution in [0.5, 0.6) is 0 Å². The first-order chi connectivity index (χ1) is 9.00. The van der Waals surface area contributed by atoms with Gasteiger partial charge in [-0.3, -0.25) is 0 Å². The molecule has 1 aromatic rings. The quantitative estimate of drug-likeness (QED) is 0.898. The van der Waals surface area contributed by atoms with E-state index in [1.165, 1.54) is 25.0 Å². The van der Waals surface area contributed by atoms with Gasteiger partial charge >= 0.3 is 0 Å². The predicted octanol–water partition coefficient (Wildman–Crippen LogP) is 3.76. The molecule has 19 heavy (non-hydrogen) atoms. The van der Waals surface area contributed by atoms with Gasteiger partial charge in [0.15, 0.2) is 0 Å². The smallest absolute Gasteiger partial charge is 0.127 e. The Kier molecular flexibility index (Phi) is 4.21. The van der Waals surface area contributed by atoms with Crippen LogP contribution in [0.25, 0.3) is 0 Å². The van der Waals surface area contributed by atoms with Crippen LogP contribution < -0.4 is 5.32 Å². The van der Waals surface area contributed by atoms with E-state index in [-0.39, 0.29) is 5.82 Å². The fourth-order valence-corrected chi connectivity index (χ4v) is 2.91. The highest BCUT2D eigenvalue weighted by molar-refractivity contribution is 5.33. The third kappa shape index (κ3) is 3.78. The summed E-state index contributed by atoms with van der Waals surface area (Å²) in [7, 11) is 0. The summed E-state index contributed by atoms with van der Waals surface area (Å²) >= 11 is 0. The SMILES string of the molecule is CC1(C)CCCC(NCc2cc(C#N)ccc2F)C1. The van der Waals surface area contributed by atoms with Crippen LogP contribution in [0.4, 0.5) is 4.39 Å². The van der Waals surface area contributed by atoms with Crippen molar-refractivity contribution < 1.29 is 4.39 Å². The van der Waals surface area contributed by atoms with Gasteiger partial charge in [0.05, 0.1) is 11.6 Å². The molecule has 3 heteroatoms. The van der Waals surface area contributed by atoms with E-state index in [2.05, 4.69) is 25.2 Å². The summed E-state index contributed by atoms with van der Waals surface area (Å²) in [6.07, 6.45) is 4.78. The first kappa shape index (κ1) is 14.0. The Hall–Kier alpha value is -1.40. The van der Waals surface area contributed by atoms with Crippen LogP contribution >= 0.6 is 0 Å². The van der Waals surface area contributed by atoms with E-state index in [0.717, 1.165) is 12.8 Å². The maximum Gasteiger partial charge on any atom is 0.127 e. The molecule has 0 spiro atoms. The summed E-state index contributed by atoms with van der Waals surface area (Å²) in [6, 6.07) is 7.03. The van der Waals surface area contributed by atoms with Crippen LogP contribution in [-0.2, 0) is 6.54 Å². The number of hydrogen-bond acceptors (Lipinski definition) is 2. The van der Waals surface area contributed by atoms with E-state index >= 15 is 0 Å². The largest absolute Gasteiger partial charge is 0.310 e. The second-order valence-electron chi connectivity index (χ2n) is 6.26. The molecular weight excluding hydrogens is 239 g/mol. The molecule has 0 bridgehead atoms. The van der Waals surface area contributed by atoms with Crippen molar-refractivity contribution in [3.63, 3.8) is 0 Å². The van der Waals surface area contributed by atoms with Crippen molar-refractivity contribution in [2.75, 3.05) is 0 Å². The predicted molar refractivity (Wildman–Crippen MR) is 74.0 cm³/mol. The molecule has 102 valence electrons. The molecule has 1 aliphatic rings. The maximum absolute atomic E-state index is 13.7. The monoisotopic (exact) mass is 260 g/mol. The molecule has 1 aliphatic carbocycles. The van der Waals surface area contributed by atoms with Gasteiger partial charge in [0.1, 0.15) is 5.82 Å². The van der Waals surface area contributed by atoms with E-state index in [1.54, 1.807) is 6.07 Å². The lowest BCUT2D eigenvalue weighted by Gasteiger charge is -2.35. The van der Waals surface area contributed by atoms with E-state index in [4.69, 9.17) is 5.26 Å². The fourth-order valence-electron chi connectivity index (χ4n) is 2.91. The first-order valence-electron chi connectivity index (χ1n) is 6.92. The number of nitrogens with zero attached hydrogens (tertiary/aromatic N) is 1. The van der Waals surface area contributed by atoms with Gasteiger partial charge in [-0.05, 0) is 42.9 Å². The number of nitrogens with one attached hydrogen (secondary N) is 1. The van der Waals surface area contributed by atoms with Gasteiger partial charge < -0.3 is 5.32 Å². The zero-order valence-corrected chi connectivity index (χ0v) is 11.7. The molecule has 1 fully saturated rings. The number of hydrogen-bond donors (Lipinski definition) is 1. The fraction of sp³-hybridized carbons (Fsp3) is 0.562. The Morgan fingerprint density at radius 3 is 2.95 bits per heavy atom. The normalized spacial score (nSPS) is 21.9. The highest BCUT2D eigenvalue weighted by Gasteiger charge is 2.27. The highest BCUT2D eigenvalue weighted by Crippen LogP contribution is 2.35. The Morgan fingerprint density at radius 2 is 2.26 bits per heavy atom. The van der Waals surface area contributed by atoms with Crippen molar-refractivity contribution in [1.29, 1.82) is 5.26 Å². The molecule has 2 rings (SSSR count). The average molecular weight is 260 g/mol. The van der Waals surface area contributed by atoms with Crippen LogP contribution in [-0.4, -0.2) is 6.04 Å². The lowest BCUT2D eigenvalue weighted by molar-refractivity contribution is 0.197. The molecule has 0 aromatic heterocycles. The summed E-state index contributed by atoms with van der Waals surface area (Å²) < 4.78 is 13.7. The van der Waals surface area contributed by atoms with Crippen LogP contribution in [0.2, 0.25) is 0 Å². The van der Waals surface area contributed by atoms with Crippen molar-refractivity contribution in [3.05, 3.63) is 35.1 Å². The van der Waals surface area contributed by atoms with Crippen molar-refractivity contribution in [2.24, 2.45) is 5.41 Å². The van der Waals surface area contributed by atoms with E-state index < -0.39 is 0 Å². The zero-order valence-electron chi connectivity index (χ0n) is 11.7. The molecule has 1 atom stereocenters. The minimum Gasteiger partial charge on any atom is -0.310 e. The highest BCUT2D eigenvalue weighted by atomic mass is 19.1. The number of halogens is 1. The third-order valence-corrected chi connectivity index (χ3v) is 3.96. The van der Waals surface area contributed by atoms with Crippen molar-refractivity contribution in [1.82, 2.24) is 5.32 Å². The molecule has 0 radical (unpaired) electrons. The van der Waals surface area contributed by atoms with Crippen LogP contribution in [0.3, 0.4) is 0 Å². The van der Waals surface area contributed by atoms with E-state index in [0.29, 0.717) is 29.1 Å². The molecule has 0 saturated heterocycles. The summed E-state index contributed by atoms with van der Waals surface area (Å²) in [5.41, 5.74) is 1.48. The summed E-state index contributed by atoms with van der Waals surface area (Å²) in [6.45, 7) is 5.08. The molecule has 1 saturated carbocycles.